The highest BCUT2D eigenvalue weighted by Gasteiger charge is 2.13. The van der Waals surface area contributed by atoms with Crippen LogP contribution in [0.15, 0.2) is 84.9 Å². The van der Waals surface area contributed by atoms with Gasteiger partial charge in [-0.25, -0.2) is 4.79 Å². The molecule has 0 saturated carbocycles. The third-order valence-corrected chi connectivity index (χ3v) is 5.14. The monoisotopic (exact) mass is 413 g/mol. The SMILES string of the molecule is COc1ccc(C(=O)O)cc1NCc1c(OCc2ccccc2)ccc2ccccc12. The van der Waals surface area contributed by atoms with Crippen molar-refractivity contribution in [2.24, 2.45) is 0 Å². The molecule has 0 aliphatic heterocycles. The van der Waals surface area contributed by atoms with E-state index >= 15 is 0 Å². The standard InChI is InChI=1S/C26H23NO4/c1-30-25-14-12-20(26(28)29)15-23(25)27-16-22-21-10-6-5-9-19(21)11-13-24(22)31-17-18-7-3-2-4-8-18/h2-15,27H,16-17H2,1H3,(H,28,29). The van der Waals surface area contributed by atoms with E-state index < -0.39 is 5.97 Å². The van der Waals surface area contributed by atoms with Gasteiger partial charge in [-0.3, -0.25) is 0 Å². The van der Waals surface area contributed by atoms with Gasteiger partial charge in [-0.05, 0) is 40.6 Å². The summed E-state index contributed by atoms with van der Waals surface area (Å²) >= 11 is 0. The Morgan fingerprint density at radius 3 is 2.42 bits per heavy atom. The Hall–Kier alpha value is -3.99. The maximum atomic E-state index is 11.4. The average Bonchev–Trinajstić information content (AvgIpc) is 2.81. The van der Waals surface area contributed by atoms with E-state index in [9.17, 15) is 9.90 Å². The van der Waals surface area contributed by atoms with Gasteiger partial charge in [0, 0.05) is 12.1 Å². The van der Waals surface area contributed by atoms with E-state index in [4.69, 9.17) is 9.47 Å². The second kappa shape index (κ2) is 9.22. The van der Waals surface area contributed by atoms with Crippen LogP contribution in [0.25, 0.3) is 10.8 Å². The molecular formula is C26H23NO4. The first kappa shape index (κ1) is 20.3. The molecule has 4 rings (SSSR count). The van der Waals surface area contributed by atoms with Gasteiger partial charge in [0.1, 0.15) is 18.1 Å². The van der Waals surface area contributed by atoms with Crippen LogP contribution in [0.5, 0.6) is 11.5 Å². The third-order valence-electron chi connectivity index (χ3n) is 5.14. The molecule has 4 aromatic carbocycles. The fourth-order valence-corrected chi connectivity index (χ4v) is 3.53. The van der Waals surface area contributed by atoms with E-state index in [-0.39, 0.29) is 5.56 Å². The topological polar surface area (TPSA) is 67.8 Å². The largest absolute Gasteiger partial charge is 0.495 e. The minimum Gasteiger partial charge on any atom is -0.495 e. The predicted octanol–water partition coefficient (Wildman–Crippen LogP) is 5.74. The van der Waals surface area contributed by atoms with E-state index in [0.717, 1.165) is 27.6 Å². The molecule has 0 heterocycles. The molecule has 0 unspecified atom stereocenters. The number of methoxy groups -OCH3 is 1. The first-order valence-electron chi connectivity index (χ1n) is 9.98. The number of nitrogens with one attached hydrogen (secondary N) is 1. The van der Waals surface area contributed by atoms with Crippen molar-refractivity contribution in [2.45, 2.75) is 13.2 Å². The number of ether oxygens (including phenoxy) is 2. The van der Waals surface area contributed by atoms with Crippen LogP contribution in [0.1, 0.15) is 21.5 Å². The van der Waals surface area contributed by atoms with Crippen LogP contribution in [-0.2, 0) is 13.2 Å². The lowest BCUT2D eigenvalue weighted by Crippen LogP contribution is -2.07. The van der Waals surface area contributed by atoms with Crippen LogP contribution in [0.3, 0.4) is 0 Å². The molecule has 156 valence electrons. The molecule has 0 fully saturated rings. The predicted molar refractivity (Wildman–Crippen MR) is 122 cm³/mol. The molecule has 31 heavy (non-hydrogen) atoms. The summed E-state index contributed by atoms with van der Waals surface area (Å²) in [4.78, 5) is 11.4. The molecule has 0 atom stereocenters. The molecule has 0 aliphatic rings. The zero-order valence-corrected chi connectivity index (χ0v) is 17.2. The number of hydrogen-bond acceptors (Lipinski definition) is 4. The van der Waals surface area contributed by atoms with Crippen molar-refractivity contribution in [1.29, 1.82) is 0 Å². The van der Waals surface area contributed by atoms with Crippen molar-refractivity contribution in [3.8, 4) is 11.5 Å². The van der Waals surface area contributed by atoms with E-state index in [1.54, 1.807) is 19.2 Å². The van der Waals surface area contributed by atoms with Gasteiger partial charge in [-0.2, -0.15) is 0 Å². The van der Waals surface area contributed by atoms with Gasteiger partial charge in [0.05, 0.1) is 18.4 Å². The molecule has 0 spiro atoms. The molecule has 0 aromatic heterocycles. The zero-order chi connectivity index (χ0) is 21.6. The normalized spacial score (nSPS) is 10.6. The number of carboxylic acid groups (broad SMARTS) is 1. The highest BCUT2D eigenvalue weighted by Crippen LogP contribution is 2.32. The minimum absolute atomic E-state index is 0.196. The maximum Gasteiger partial charge on any atom is 0.335 e. The fourth-order valence-electron chi connectivity index (χ4n) is 3.53. The van der Waals surface area contributed by atoms with Gasteiger partial charge < -0.3 is 19.9 Å². The molecule has 0 saturated heterocycles. The van der Waals surface area contributed by atoms with E-state index in [1.807, 2.05) is 54.6 Å². The number of anilines is 1. The van der Waals surface area contributed by atoms with E-state index in [1.165, 1.54) is 6.07 Å². The van der Waals surface area contributed by atoms with Crippen molar-refractivity contribution >= 4 is 22.4 Å². The van der Waals surface area contributed by atoms with Gasteiger partial charge >= 0.3 is 5.97 Å². The Morgan fingerprint density at radius 2 is 1.65 bits per heavy atom. The molecule has 5 nitrogen and oxygen atoms in total. The van der Waals surface area contributed by atoms with Crippen LogP contribution in [0, 0.1) is 0 Å². The van der Waals surface area contributed by atoms with Crippen molar-refractivity contribution < 1.29 is 19.4 Å². The number of aromatic carboxylic acids is 1. The lowest BCUT2D eigenvalue weighted by atomic mass is 10.0. The summed E-state index contributed by atoms with van der Waals surface area (Å²) in [6.45, 7) is 0.912. The Morgan fingerprint density at radius 1 is 0.903 bits per heavy atom. The highest BCUT2D eigenvalue weighted by molar-refractivity contribution is 5.90. The van der Waals surface area contributed by atoms with Gasteiger partial charge in [-0.15, -0.1) is 0 Å². The highest BCUT2D eigenvalue weighted by atomic mass is 16.5. The Bertz CT molecular complexity index is 1200. The average molecular weight is 413 g/mol. The summed E-state index contributed by atoms with van der Waals surface area (Å²) in [5.74, 6) is 0.378. The smallest absolute Gasteiger partial charge is 0.335 e. The number of rotatable bonds is 8. The van der Waals surface area contributed by atoms with Crippen molar-refractivity contribution in [2.75, 3.05) is 12.4 Å². The summed E-state index contributed by atoms with van der Waals surface area (Å²) in [6, 6.07) is 26.9. The number of hydrogen-bond donors (Lipinski definition) is 2. The molecule has 0 bridgehead atoms. The first-order valence-corrected chi connectivity index (χ1v) is 9.98. The second-order valence-electron chi connectivity index (χ2n) is 7.11. The summed E-state index contributed by atoms with van der Waals surface area (Å²) in [7, 11) is 1.56. The summed E-state index contributed by atoms with van der Waals surface area (Å²) in [6.07, 6.45) is 0. The van der Waals surface area contributed by atoms with Crippen LogP contribution in [0.4, 0.5) is 5.69 Å². The Balaban J connectivity index is 1.66. The minimum atomic E-state index is -0.984. The first-order chi connectivity index (χ1) is 15.2. The van der Waals surface area contributed by atoms with Gasteiger partial charge in [-0.1, -0.05) is 60.7 Å². The third kappa shape index (κ3) is 4.61. The summed E-state index contributed by atoms with van der Waals surface area (Å²) in [5, 5.41) is 14.9. The van der Waals surface area contributed by atoms with Crippen molar-refractivity contribution in [3.63, 3.8) is 0 Å². The maximum absolute atomic E-state index is 11.4. The number of carboxylic acids is 1. The van der Waals surface area contributed by atoms with E-state index in [2.05, 4.69) is 17.4 Å². The van der Waals surface area contributed by atoms with Crippen molar-refractivity contribution in [3.05, 3.63) is 102 Å². The zero-order valence-electron chi connectivity index (χ0n) is 17.2. The van der Waals surface area contributed by atoms with Crippen LogP contribution in [-0.4, -0.2) is 18.2 Å². The van der Waals surface area contributed by atoms with E-state index in [0.29, 0.717) is 24.6 Å². The summed E-state index contributed by atoms with van der Waals surface area (Å²) in [5.41, 5.74) is 2.90. The quantitative estimate of drug-likeness (QED) is 0.386. The molecular weight excluding hydrogens is 390 g/mol. The fraction of sp³-hybridized carbons (Fsp3) is 0.115. The molecule has 0 amide bonds. The Labute approximate surface area is 180 Å². The lowest BCUT2D eigenvalue weighted by molar-refractivity contribution is 0.0697. The molecule has 2 N–H and O–H groups in total. The van der Waals surface area contributed by atoms with Gasteiger partial charge in [0.25, 0.3) is 0 Å². The molecule has 5 heteroatoms. The molecule has 0 aliphatic carbocycles. The van der Waals surface area contributed by atoms with Gasteiger partial charge in [0.15, 0.2) is 0 Å². The number of fused-ring (bicyclic) bond motifs is 1. The number of carbonyl (C=O) groups is 1. The van der Waals surface area contributed by atoms with Crippen LogP contribution in [0.2, 0.25) is 0 Å². The molecule has 0 radical (unpaired) electrons. The van der Waals surface area contributed by atoms with Crippen LogP contribution >= 0.6 is 0 Å². The van der Waals surface area contributed by atoms with Crippen LogP contribution < -0.4 is 14.8 Å². The summed E-state index contributed by atoms with van der Waals surface area (Å²) < 4.78 is 11.6. The van der Waals surface area contributed by atoms with Crippen molar-refractivity contribution in [1.82, 2.24) is 0 Å². The molecule has 4 aromatic rings. The number of benzene rings is 4. The lowest BCUT2D eigenvalue weighted by Gasteiger charge is -2.17. The Kier molecular flexibility index (Phi) is 6.03. The van der Waals surface area contributed by atoms with Gasteiger partial charge in [0.2, 0.25) is 0 Å². The second-order valence-corrected chi connectivity index (χ2v) is 7.11.